The summed E-state index contributed by atoms with van der Waals surface area (Å²) in [5.41, 5.74) is 6.81. The summed E-state index contributed by atoms with van der Waals surface area (Å²) in [4.78, 5) is 0. The number of allylic oxidation sites excluding steroid dienone is 10. The molecule has 0 amide bonds. The molecule has 0 aliphatic heterocycles. The zero-order valence-electron chi connectivity index (χ0n) is 11.9. The summed E-state index contributed by atoms with van der Waals surface area (Å²) in [5.74, 6) is 1.24. The Balaban J connectivity index is 1.96. The lowest BCUT2D eigenvalue weighted by atomic mass is 9.53. The molecule has 98 valence electrons. The molecule has 1 saturated carbocycles. The lowest BCUT2D eigenvalue weighted by Gasteiger charge is -2.51. The number of fused-ring (bicyclic) bond motifs is 1. The van der Waals surface area contributed by atoms with Gasteiger partial charge in [0.15, 0.2) is 0 Å². The predicted octanol–water partition coefficient (Wildman–Crippen LogP) is 5.12. The molecule has 0 N–H and O–H groups in total. The highest BCUT2D eigenvalue weighted by molar-refractivity contribution is 5.61. The van der Waals surface area contributed by atoms with Gasteiger partial charge in [0.2, 0.25) is 0 Å². The van der Waals surface area contributed by atoms with Crippen LogP contribution in [0.25, 0.3) is 0 Å². The van der Waals surface area contributed by atoms with E-state index in [1.807, 2.05) is 0 Å². The van der Waals surface area contributed by atoms with Crippen molar-refractivity contribution in [3.05, 3.63) is 58.7 Å². The van der Waals surface area contributed by atoms with Gasteiger partial charge in [0.1, 0.15) is 0 Å². The highest BCUT2D eigenvalue weighted by Crippen LogP contribution is 2.60. The van der Waals surface area contributed by atoms with Crippen LogP contribution < -0.4 is 0 Å². The van der Waals surface area contributed by atoms with Crippen LogP contribution in [0.4, 0.5) is 0 Å². The van der Waals surface area contributed by atoms with E-state index in [1.54, 1.807) is 22.3 Å². The second kappa shape index (κ2) is 3.85. The molecule has 3 unspecified atom stereocenters. The average Bonchev–Trinajstić information content (AvgIpc) is 2.63. The highest BCUT2D eigenvalue weighted by atomic mass is 14.5. The van der Waals surface area contributed by atoms with Crippen molar-refractivity contribution in [2.75, 3.05) is 0 Å². The van der Waals surface area contributed by atoms with E-state index in [1.165, 1.54) is 25.7 Å². The molecule has 2 bridgehead atoms. The molecular formula is C19H22. The summed E-state index contributed by atoms with van der Waals surface area (Å²) in [7, 11) is 0. The molecule has 0 aromatic carbocycles. The van der Waals surface area contributed by atoms with Crippen molar-refractivity contribution in [1.82, 2.24) is 0 Å². The first-order valence-electron chi connectivity index (χ1n) is 7.72. The van der Waals surface area contributed by atoms with Crippen molar-refractivity contribution in [3.8, 4) is 0 Å². The monoisotopic (exact) mass is 250 g/mol. The highest BCUT2D eigenvalue weighted by Gasteiger charge is 2.47. The molecule has 19 heavy (non-hydrogen) atoms. The van der Waals surface area contributed by atoms with E-state index in [2.05, 4.69) is 50.3 Å². The van der Waals surface area contributed by atoms with E-state index in [0.717, 1.165) is 0 Å². The molecule has 0 saturated heterocycles. The molecule has 0 aromatic heterocycles. The summed E-state index contributed by atoms with van der Waals surface area (Å²) < 4.78 is 0. The zero-order valence-corrected chi connectivity index (χ0v) is 11.9. The maximum Gasteiger partial charge on any atom is 0.0177 e. The van der Waals surface area contributed by atoms with Crippen LogP contribution in [-0.4, -0.2) is 0 Å². The fourth-order valence-corrected chi connectivity index (χ4v) is 4.45. The molecule has 0 aromatic rings. The minimum absolute atomic E-state index is 0.279. The summed E-state index contributed by atoms with van der Waals surface area (Å²) in [5, 5.41) is 0. The van der Waals surface area contributed by atoms with Gasteiger partial charge in [0.05, 0.1) is 0 Å². The molecule has 0 radical (unpaired) electrons. The van der Waals surface area contributed by atoms with Crippen molar-refractivity contribution < 1.29 is 0 Å². The van der Waals surface area contributed by atoms with Crippen LogP contribution in [0.3, 0.4) is 0 Å². The summed E-state index contributed by atoms with van der Waals surface area (Å²) >= 11 is 0. The Morgan fingerprint density at radius 3 is 2.79 bits per heavy atom. The van der Waals surface area contributed by atoms with Crippen LogP contribution in [0.2, 0.25) is 0 Å². The minimum Gasteiger partial charge on any atom is -0.0801 e. The van der Waals surface area contributed by atoms with Gasteiger partial charge in [-0.05, 0) is 53.9 Å². The summed E-state index contributed by atoms with van der Waals surface area (Å²) in [6, 6.07) is 0. The third-order valence-corrected chi connectivity index (χ3v) is 5.52. The van der Waals surface area contributed by atoms with Crippen molar-refractivity contribution in [2.45, 2.75) is 39.5 Å². The number of rotatable bonds is 0. The van der Waals surface area contributed by atoms with Crippen molar-refractivity contribution in [3.63, 3.8) is 0 Å². The molecule has 5 aliphatic carbocycles. The third-order valence-electron chi connectivity index (χ3n) is 5.52. The number of hydrogen-bond donors (Lipinski definition) is 0. The van der Waals surface area contributed by atoms with Gasteiger partial charge in [-0.25, -0.2) is 0 Å². The van der Waals surface area contributed by atoms with Gasteiger partial charge in [0.25, 0.3) is 0 Å². The lowest BCUT2D eigenvalue weighted by Crippen LogP contribution is -2.38. The molecule has 5 aliphatic rings. The quantitative estimate of drug-likeness (QED) is 0.559. The minimum atomic E-state index is 0.279. The van der Waals surface area contributed by atoms with Crippen LogP contribution in [0.15, 0.2) is 58.7 Å². The molecule has 5 rings (SSSR count). The average molecular weight is 250 g/mol. The van der Waals surface area contributed by atoms with E-state index < -0.39 is 0 Å². The van der Waals surface area contributed by atoms with E-state index >= 15 is 0 Å². The molecule has 1 fully saturated rings. The molecule has 0 heterocycles. The molecule has 0 nitrogen and oxygen atoms in total. The van der Waals surface area contributed by atoms with Gasteiger partial charge in [-0.3, -0.25) is 0 Å². The summed E-state index contributed by atoms with van der Waals surface area (Å²) in [6.45, 7) is 4.75. The van der Waals surface area contributed by atoms with Crippen molar-refractivity contribution >= 4 is 0 Å². The van der Waals surface area contributed by atoms with Crippen LogP contribution in [-0.2, 0) is 0 Å². The Kier molecular flexibility index (Phi) is 2.33. The van der Waals surface area contributed by atoms with Gasteiger partial charge in [-0.1, -0.05) is 50.3 Å². The van der Waals surface area contributed by atoms with Crippen molar-refractivity contribution in [1.29, 1.82) is 0 Å². The predicted molar refractivity (Wildman–Crippen MR) is 80.7 cm³/mol. The largest absolute Gasteiger partial charge is 0.0801 e. The molecule has 0 spiro atoms. The fourth-order valence-electron chi connectivity index (χ4n) is 4.45. The molecular weight excluding hydrogens is 228 g/mol. The standard InChI is InChI=1S/C19H22/c1-13-7-9-16-14-11-12-19(2,18(16)10-8-13)17-6-4-3-5-15(14)17/h5-10,13-14H,3-4,11-12H2,1-2H3. The van der Waals surface area contributed by atoms with Gasteiger partial charge in [-0.2, -0.15) is 0 Å². The Morgan fingerprint density at radius 1 is 1.11 bits per heavy atom. The first kappa shape index (κ1) is 11.5. The van der Waals surface area contributed by atoms with E-state index in [0.29, 0.717) is 11.8 Å². The third kappa shape index (κ3) is 1.46. The first-order chi connectivity index (χ1) is 9.20. The smallest absolute Gasteiger partial charge is 0.0177 e. The van der Waals surface area contributed by atoms with Crippen LogP contribution in [0.5, 0.6) is 0 Å². The van der Waals surface area contributed by atoms with E-state index in [-0.39, 0.29) is 5.41 Å². The van der Waals surface area contributed by atoms with Crippen molar-refractivity contribution in [2.24, 2.45) is 17.3 Å². The first-order valence-corrected chi connectivity index (χ1v) is 7.72. The lowest BCUT2D eigenvalue weighted by molar-refractivity contribution is 0.329. The van der Waals surface area contributed by atoms with Crippen LogP contribution in [0.1, 0.15) is 39.5 Å². The van der Waals surface area contributed by atoms with Crippen LogP contribution in [0, 0.1) is 17.3 Å². The maximum absolute atomic E-state index is 2.52. The fraction of sp³-hybridized carbons (Fsp3) is 0.474. The van der Waals surface area contributed by atoms with E-state index in [4.69, 9.17) is 0 Å². The molecule has 3 atom stereocenters. The van der Waals surface area contributed by atoms with Crippen LogP contribution >= 0.6 is 0 Å². The topological polar surface area (TPSA) is 0 Å². The molecule has 0 heteroatoms. The second-order valence-electron chi connectivity index (χ2n) is 6.72. The number of hydrogen-bond acceptors (Lipinski definition) is 0. The summed E-state index contributed by atoms with van der Waals surface area (Å²) in [6.07, 6.45) is 19.8. The zero-order chi connectivity index (χ0) is 13.0. The Morgan fingerprint density at radius 2 is 1.89 bits per heavy atom. The Bertz CT molecular complexity index is 579. The normalized spacial score (nSPS) is 39.5. The Labute approximate surface area is 116 Å². The van der Waals surface area contributed by atoms with Gasteiger partial charge < -0.3 is 0 Å². The van der Waals surface area contributed by atoms with Gasteiger partial charge >= 0.3 is 0 Å². The SMILES string of the molecule is CC1C=CC2=C(C=C1)C1(C)CCC2C2=CCCC=C21. The second-order valence-corrected chi connectivity index (χ2v) is 6.72. The van der Waals surface area contributed by atoms with E-state index in [9.17, 15) is 0 Å². The van der Waals surface area contributed by atoms with Gasteiger partial charge in [-0.15, -0.1) is 0 Å². The maximum atomic E-state index is 2.52. The Hall–Kier alpha value is -1.30. The van der Waals surface area contributed by atoms with Gasteiger partial charge in [0, 0.05) is 11.3 Å².